The van der Waals surface area contributed by atoms with Crippen LogP contribution in [-0.4, -0.2) is 0 Å². The van der Waals surface area contributed by atoms with Crippen molar-refractivity contribution in [3.8, 4) is 0 Å². The smallest absolute Gasteiger partial charge is 0.0129 e. The number of unbranched alkanes of at least 4 members (excludes halogenated alkanes) is 8. The average Bonchev–Trinajstić information content (AvgIpc) is 2.92. The van der Waals surface area contributed by atoms with E-state index in [1.54, 1.807) is 22.3 Å². The highest BCUT2D eigenvalue weighted by Gasteiger charge is 2.26. The molecule has 0 saturated carbocycles. The van der Waals surface area contributed by atoms with Crippen LogP contribution in [-0.2, 0) is 34.5 Å². The van der Waals surface area contributed by atoms with Crippen molar-refractivity contribution < 1.29 is 0 Å². The Labute approximate surface area is 291 Å². The second-order valence-electron chi connectivity index (χ2n) is 18.3. The number of rotatable bonds is 11. The molecular formula is C46H82. The molecule has 0 aliphatic heterocycles. The predicted octanol–water partition coefficient (Wildman–Crippen LogP) is 15.2. The van der Waals surface area contributed by atoms with Crippen molar-refractivity contribution in [2.45, 2.75) is 223 Å². The lowest BCUT2D eigenvalue weighted by molar-refractivity contribution is 0.546. The minimum absolute atomic E-state index is 0.228. The molecule has 0 aliphatic carbocycles. The molecule has 0 atom stereocenters. The summed E-state index contributed by atoms with van der Waals surface area (Å²) in [5.41, 5.74) is 13.0. The molecule has 0 bridgehead atoms. The predicted molar refractivity (Wildman–Crippen MR) is 213 cm³/mol. The molecule has 0 radical (unpaired) electrons. The van der Waals surface area contributed by atoms with Gasteiger partial charge in [0.25, 0.3) is 0 Å². The maximum atomic E-state index is 2.42. The molecule has 0 N–H and O–H groups in total. The van der Waals surface area contributed by atoms with Gasteiger partial charge in [-0.2, -0.15) is 0 Å². The molecular weight excluding hydrogens is 553 g/mol. The molecule has 2 aromatic rings. The Kier molecular flexibility index (Phi) is 19.4. The van der Waals surface area contributed by atoms with Gasteiger partial charge in [0.2, 0.25) is 0 Å². The van der Waals surface area contributed by atoms with Crippen molar-refractivity contribution >= 4 is 0 Å². The van der Waals surface area contributed by atoms with Gasteiger partial charge >= 0.3 is 0 Å². The van der Waals surface area contributed by atoms with E-state index >= 15 is 0 Å². The molecule has 0 aliphatic rings. The van der Waals surface area contributed by atoms with Crippen LogP contribution in [0.3, 0.4) is 0 Å². The monoisotopic (exact) mass is 635 g/mol. The lowest BCUT2D eigenvalue weighted by Gasteiger charge is -2.31. The Hall–Kier alpha value is -1.56. The standard InChI is InChI=1S/C21H36.C17H28.C8H18/c1-9-10-11-12-13-17-18(20(3,4)5)14-16(2)15-19(17)21(6,7)8;1-9-13-14(16(3,4)5)10-12(2)11-15(13)17(6,7)8;1-3-5-7-8-6-4-2/h14-15H,9-13H2,1-8H3;10-11H,9H2,1-8H3;3-8H2,1-2H3. The fraction of sp³-hybridized carbons (Fsp3) is 0.739. The molecule has 0 nitrogen and oxygen atoms in total. The van der Waals surface area contributed by atoms with Gasteiger partial charge in [-0.25, -0.2) is 0 Å². The maximum Gasteiger partial charge on any atom is -0.0129 e. The van der Waals surface area contributed by atoms with E-state index in [2.05, 4.69) is 149 Å². The van der Waals surface area contributed by atoms with E-state index in [1.807, 2.05) is 0 Å². The summed E-state index contributed by atoms with van der Waals surface area (Å²) in [6.45, 7) is 41.5. The van der Waals surface area contributed by atoms with Crippen molar-refractivity contribution in [1.82, 2.24) is 0 Å². The zero-order chi connectivity index (χ0) is 35.9. The molecule has 0 spiro atoms. The largest absolute Gasteiger partial charge is 0.0654 e. The van der Waals surface area contributed by atoms with E-state index in [0.29, 0.717) is 0 Å². The van der Waals surface area contributed by atoms with Crippen molar-refractivity contribution in [3.63, 3.8) is 0 Å². The summed E-state index contributed by atoms with van der Waals surface area (Å²) in [5, 5.41) is 0. The fourth-order valence-electron chi connectivity index (χ4n) is 6.54. The number of hydrogen-bond donors (Lipinski definition) is 0. The zero-order valence-corrected chi connectivity index (χ0v) is 34.8. The molecule has 2 aromatic carbocycles. The van der Waals surface area contributed by atoms with E-state index in [4.69, 9.17) is 0 Å². The van der Waals surface area contributed by atoms with E-state index < -0.39 is 0 Å². The van der Waals surface area contributed by atoms with E-state index in [-0.39, 0.29) is 21.7 Å². The third-order valence-corrected chi connectivity index (χ3v) is 9.11. The van der Waals surface area contributed by atoms with Crippen molar-refractivity contribution in [3.05, 3.63) is 68.8 Å². The van der Waals surface area contributed by atoms with Crippen molar-refractivity contribution in [2.24, 2.45) is 0 Å². The van der Waals surface area contributed by atoms with Crippen LogP contribution in [0.2, 0.25) is 0 Å². The summed E-state index contributed by atoms with van der Waals surface area (Å²) in [6.07, 6.45) is 16.2. The Morgan fingerprint density at radius 2 is 0.630 bits per heavy atom. The summed E-state index contributed by atoms with van der Waals surface area (Å²) in [4.78, 5) is 0. The number of aryl methyl sites for hydroxylation is 2. The Morgan fingerprint density at radius 1 is 0.370 bits per heavy atom. The van der Waals surface area contributed by atoms with Crippen molar-refractivity contribution in [1.29, 1.82) is 0 Å². The van der Waals surface area contributed by atoms with Crippen LogP contribution in [0.5, 0.6) is 0 Å². The SMILES string of the molecule is CCCCCCCC.CCCCCCc1c(C(C)(C)C)cc(C)cc1C(C)(C)C.CCc1c(C(C)(C)C)cc(C)cc1C(C)(C)C. The zero-order valence-electron chi connectivity index (χ0n) is 34.8. The lowest BCUT2D eigenvalue weighted by Crippen LogP contribution is -2.21. The Morgan fingerprint density at radius 3 is 0.870 bits per heavy atom. The van der Waals surface area contributed by atoms with Gasteiger partial charge in [0.05, 0.1) is 0 Å². The molecule has 266 valence electrons. The quantitative estimate of drug-likeness (QED) is 0.216. The Balaban J connectivity index is 0.000000725. The minimum atomic E-state index is 0.228. The van der Waals surface area contributed by atoms with Crippen LogP contribution in [0.15, 0.2) is 24.3 Å². The molecule has 0 saturated heterocycles. The molecule has 0 aromatic heterocycles. The molecule has 46 heavy (non-hydrogen) atoms. The molecule has 0 heteroatoms. The number of hydrogen-bond acceptors (Lipinski definition) is 0. The van der Waals surface area contributed by atoms with E-state index in [0.717, 1.165) is 6.42 Å². The van der Waals surface area contributed by atoms with Gasteiger partial charge in [0, 0.05) is 0 Å². The first kappa shape index (κ1) is 44.4. The minimum Gasteiger partial charge on any atom is -0.0654 e. The van der Waals surface area contributed by atoms with Crippen LogP contribution in [0.4, 0.5) is 0 Å². The maximum absolute atomic E-state index is 2.42. The number of benzene rings is 2. The molecule has 0 fully saturated rings. The van der Waals surface area contributed by atoms with Crippen LogP contribution in [0, 0.1) is 13.8 Å². The molecule has 0 amide bonds. The van der Waals surface area contributed by atoms with E-state index in [1.165, 1.54) is 92.9 Å². The third kappa shape index (κ3) is 16.0. The Bertz CT molecular complexity index is 1040. The van der Waals surface area contributed by atoms with Crippen LogP contribution >= 0.6 is 0 Å². The van der Waals surface area contributed by atoms with Crippen LogP contribution in [0.25, 0.3) is 0 Å². The van der Waals surface area contributed by atoms with Gasteiger partial charge in [-0.3, -0.25) is 0 Å². The highest BCUT2D eigenvalue weighted by atomic mass is 14.3. The van der Waals surface area contributed by atoms with E-state index in [9.17, 15) is 0 Å². The van der Waals surface area contributed by atoms with Gasteiger partial charge in [-0.05, 0) is 88.2 Å². The first-order chi connectivity index (χ1) is 21.1. The van der Waals surface area contributed by atoms with Gasteiger partial charge in [0.1, 0.15) is 0 Å². The summed E-state index contributed by atoms with van der Waals surface area (Å²) in [6, 6.07) is 9.58. The fourth-order valence-corrected chi connectivity index (χ4v) is 6.54. The van der Waals surface area contributed by atoms with Crippen molar-refractivity contribution in [2.75, 3.05) is 0 Å². The second kappa shape index (κ2) is 20.1. The van der Waals surface area contributed by atoms with Gasteiger partial charge < -0.3 is 0 Å². The summed E-state index contributed by atoms with van der Waals surface area (Å²) in [5.74, 6) is 0. The topological polar surface area (TPSA) is 0 Å². The van der Waals surface area contributed by atoms with Crippen LogP contribution < -0.4 is 0 Å². The van der Waals surface area contributed by atoms with Gasteiger partial charge in [-0.15, -0.1) is 0 Å². The summed E-state index contributed by atoms with van der Waals surface area (Å²) < 4.78 is 0. The highest BCUT2D eigenvalue weighted by molar-refractivity contribution is 5.46. The normalized spacial score (nSPS) is 12.3. The molecule has 2 rings (SSSR count). The summed E-state index contributed by atoms with van der Waals surface area (Å²) in [7, 11) is 0. The first-order valence-electron chi connectivity index (χ1n) is 19.3. The highest BCUT2D eigenvalue weighted by Crippen LogP contribution is 2.37. The third-order valence-electron chi connectivity index (χ3n) is 9.11. The summed E-state index contributed by atoms with van der Waals surface area (Å²) >= 11 is 0. The van der Waals surface area contributed by atoms with Gasteiger partial charge in [0.15, 0.2) is 0 Å². The lowest BCUT2D eigenvalue weighted by atomic mass is 9.74. The first-order valence-corrected chi connectivity index (χ1v) is 19.3. The van der Waals surface area contributed by atoms with Gasteiger partial charge in [-0.1, -0.05) is 204 Å². The molecule has 0 heterocycles. The van der Waals surface area contributed by atoms with Crippen LogP contribution in [0.1, 0.15) is 219 Å². The average molecular weight is 635 g/mol. The second-order valence-corrected chi connectivity index (χ2v) is 18.3. The molecule has 0 unspecified atom stereocenters.